The highest BCUT2D eigenvalue weighted by molar-refractivity contribution is 5.62. The Morgan fingerprint density at radius 2 is 2.07 bits per heavy atom. The number of carbonyl (C=O) groups is 1. The van der Waals surface area contributed by atoms with Crippen molar-refractivity contribution in [1.29, 1.82) is 0 Å². The number of nitrogens with zero attached hydrogens (tertiary/aromatic N) is 1. The molecule has 0 spiro atoms. The number of ether oxygens (including phenoxy) is 1. The summed E-state index contributed by atoms with van der Waals surface area (Å²) in [5.74, 6) is 0.849. The fraction of sp³-hybridized carbons (Fsp3) is 0.417. The third kappa shape index (κ3) is 2.57. The third-order valence-electron chi connectivity index (χ3n) is 2.45. The number of carbonyl (C=O) groups excluding carboxylic acids is 1. The molecule has 1 unspecified atom stereocenters. The molecule has 82 valence electrons. The number of hydrogen-bond acceptors (Lipinski definition) is 3. The van der Waals surface area contributed by atoms with E-state index in [0.717, 1.165) is 23.2 Å². The van der Waals surface area contributed by atoms with Crippen LogP contribution in [0.2, 0.25) is 0 Å². The van der Waals surface area contributed by atoms with E-state index in [1.165, 1.54) is 0 Å². The number of aldehydes is 1. The Kier molecular flexibility index (Phi) is 3.86. The van der Waals surface area contributed by atoms with Crippen molar-refractivity contribution in [3.63, 3.8) is 0 Å². The maximum Gasteiger partial charge on any atom is 0.141 e. The van der Waals surface area contributed by atoms with Gasteiger partial charge in [0.1, 0.15) is 12.0 Å². The molecular formula is C12H17NO2. The Bertz CT molecular complexity index is 347. The van der Waals surface area contributed by atoms with Crippen molar-refractivity contribution >= 4 is 6.29 Å². The largest absolute Gasteiger partial charge is 0.496 e. The van der Waals surface area contributed by atoms with Crippen molar-refractivity contribution in [1.82, 2.24) is 4.90 Å². The van der Waals surface area contributed by atoms with Gasteiger partial charge in [-0.1, -0.05) is 12.1 Å². The van der Waals surface area contributed by atoms with Gasteiger partial charge >= 0.3 is 0 Å². The summed E-state index contributed by atoms with van der Waals surface area (Å²) in [6.07, 6.45) is 0.946. The van der Waals surface area contributed by atoms with E-state index in [2.05, 4.69) is 0 Å². The van der Waals surface area contributed by atoms with E-state index in [1.807, 2.05) is 44.1 Å². The number of hydrogen-bond donors (Lipinski definition) is 0. The second-order valence-corrected chi connectivity index (χ2v) is 3.77. The van der Waals surface area contributed by atoms with Crippen LogP contribution in [-0.2, 0) is 4.79 Å². The Morgan fingerprint density at radius 1 is 1.40 bits per heavy atom. The van der Waals surface area contributed by atoms with Gasteiger partial charge in [-0.25, -0.2) is 0 Å². The van der Waals surface area contributed by atoms with E-state index >= 15 is 0 Å². The van der Waals surface area contributed by atoms with E-state index < -0.39 is 0 Å². The molecule has 0 amide bonds. The second-order valence-electron chi connectivity index (χ2n) is 3.77. The molecule has 0 fully saturated rings. The van der Waals surface area contributed by atoms with Gasteiger partial charge in [-0.05, 0) is 38.2 Å². The lowest BCUT2D eigenvalue weighted by Crippen LogP contribution is -2.21. The van der Waals surface area contributed by atoms with Crippen molar-refractivity contribution in [3.8, 4) is 5.75 Å². The number of rotatable bonds is 4. The SMILES string of the molecule is COc1ccc(C(C=O)N(C)C)cc1C. The van der Waals surface area contributed by atoms with Crippen LogP contribution < -0.4 is 4.74 Å². The normalized spacial score (nSPS) is 12.6. The minimum atomic E-state index is -0.186. The van der Waals surface area contributed by atoms with Gasteiger partial charge in [-0.3, -0.25) is 4.90 Å². The zero-order valence-corrected chi connectivity index (χ0v) is 9.65. The van der Waals surface area contributed by atoms with Gasteiger partial charge in [0.25, 0.3) is 0 Å². The second kappa shape index (κ2) is 4.94. The highest BCUT2D eigenvalue weighted by Crippen LogP contribution is 2.23. The van der Waals surface area contributed by atoms with Crippen LogP contribution in [0.5, 0.6) is 5.75 Å². The van der Waals surface area contributed by atoms with Crippen molar-refractivity contribution in [3.05, 3.63) is 29.3 Å². The number of aryl methyl sites for hydroxylation is 1. The van der Waals surface area contributed by atoms with Crippen molar-refractivity contribution < 1.29 is 9.53 Å². The molecule has 3 heteroatoms. The molecule has 15 heavy (non-hydrogen) atoms. The molecule has 1 aromatic rings. The highest BCUT2D eigenvalue weighted by atomic mass is 16.5. The van der Waals surface area contributed by atoms with E-state index in [9.17, 15) is 4.79 Å². The van der Waals surface area contributed by atoms with E-state index in [-0.39, 0.29) is 6.04 Å². The topological polar surface area (TPSA) is 29.5 Å². The van der Waals surface area contributed by atoms with Crippen LogP contribution in [0, 0.1) is 6.92 Å². The Hall–Kier alpha value is -1.35. The van der Waals surface area contributed by atoms with Crippen LogP contribution in [-0.4, -0.2) is 32.4 Å². The maximum absolute atomic E-state index is 10.9. The summed E-state index contributed by atoms with van der Waals surface area (Å²) < 4.78 is 5.17. The summed E-state index contributed by atoms with van der Waals surface area (Å²) in [4.78, 5) is 12.8. The fourth-order valence-electron chi connectivity index (χ4n) is 1.58. The van der Waals surface area contributed by atoms with Gasteiger partial charge in [-0.2, -0.15) is 0 Å². The van der Waals surface area contributed by atoms with Crippen LogP contribution >= 0.6 is 0 Å². The highest BCUT2D eigenvalue weighted by Gasteiger charge is 2.13. The minimum absolute atomic E-state index is 0.186. The zero-order chi connectivity index (χ0) is 11.4. The summed E-state index contributed by atoms with van der Waals surface area (Å²) in [5, 5.41) is 0. The van der Waals surface area contributed by atoms with E-state index in [4.69, 9.17) is 4.74 Å². The molecule has 0 N–H and O–H groups in total. The van der Waals surface area contributed by atoms with Gasteiger partial charge in [0.15, 0.2) is 0 Å². The first-order valence-electron chi connectivity index (χ1n) is 4.86. The molecule has 0 aliphatic rings. The van der Waals surface area contributed by atoms with E-state index in [1.54, 1.807) is 7.11 Å². The lowest BCUT2D eigenvalue weighted by Gasteiger charge is -2.19. The average Bonchev–Trinajstić information content (AvgIpc) is 2.18. The molecule has 1 rings (SSSR count). The number of likely N-dealkylation sites (N-methyl/N-ethyl adjacent to an activating group) is 1. The molecule has 3 nitrogen and oxygen atoms in total. The third-order valence-corrected chi connectivity index (χ3v) is 2.45. The first-order valence-corrected chi connectivity index (χ1v) is 4.86. The van der Waals surface area contributed by atoms with Gasteiger partial charge < -0.3 is 9.53 Å². The maximum atomic E-state index is 10.9. The predicted octanol–water partition coefficient (Wildman–Crippen LogP) is 1.81. The van der Waals surface area contributed by atoms with Crippen molar-refractivity contribution in [2.75, 3.05) is 21.2 Å². The molecule has 0 radical (unpaired) electrons. The van der Waals surface area contributed by atoms with E-state index in [0.29, 0.717) is 0 Å². The summed E-state index contributed by atoms with van der Waals surface area (Å²) in [6, 6.07) is 5.61. The minimum Gasteiger partial charge on any atom is -0.496 e. The van der Waals surface area contributed by atoms with Gasteiger partial charge in [-0.15, -0.1) is 0 Å². The van der Waals surface area contributed by atoms with Crippen LogP contribution in [0.25, 0.3) is 0 Å². The summed E-state index contributed by atoms with van der Waals surface area (Å²) in [5.41, 5.74) is 2.04. The molecule has 1 aromatic carbocycles. The van der Waals surface area contributed by atoms with Crippen molar-refractivity contribution in [2.24, 2.45) is 0 Å². The fourth-order valence-corrected chi connectivity index (χ4v) is 1.58. The first kappa shape index (κ1) is 11.7. The smallest absolute Gasteiger partial charge is 0.141 e. The lowest BCUT2D eigenvalue weighted by atomic mass is 10.0. The zero-order valence-electron chi connectivity index (χ0n) is 9.65. The predicted molar refractivity (Wildman–Crippen MR) is 60.2 cm³/mol. The standard InChI is InChI=1S/C12H17NO2/c1-9-7-10(5-6-12(9)15-4)11(8-14)13(2)3/h5-8,11H,1-4H3. The quantitative estimate of drug-likeness (QED) is 0.705. The molecule has 1 atom stereocenters. The van der Waals surface area contributed by atoms with Crippen LogP contribution in [0.15, 0.2) is 18.2 Å². The molecule has 0 bridgehead atoms. The number of benzene rings is 1. The molecule has 0 saturated carbocycles. The molecule has 0 aliphatic heterocycles. The van der Waals surface area contributed by atoms with Gasteiger partial charge in [0.05, 0.1) is 13.2 Å². The van der Waals surface area contributed by atoms with Crippen LogP contribution in [0.3, 0.4) is 0 Å². The summed E-state index contributed by atoms with van der Waals surface area (Å²) in [7, 11) is 5.42. The summed E-state index contributed by atoms with van der Waals surface area (Å²) >= 11 is 0. The van der Waals surface area contributed by atoms with Crippen LogP contribution in [0.1, 0.15) is 17.2 Å². The first-order chi connectivity index (χ1) is 7.10. The Balaban J connectivity index is 3.05. The lowest BCUT2D eigenvalue weighted by molar-refractivity contribution is -0.111. The van der Waals surface area contributed by atoms with Gasteiger partial charge in [0, 0.05) is 0 Å². The molecule has 0 aliphatic carbocycles. The van der Waals surface area contributed by atoms with Crippen LogP contribution in [0.4, 0.5) is 0 Å². The Morgan fingerprint density at radius 3 is 2.47 bits per heavy atom. The molecule has 0 heterocycles. The summed E-state index contributed by atoms with van der Waals surface area (Å²) in [6.45, 7) is 1.97. The molecule has 0 aromatic heterocycles. The van der Waals surface area contributed by atoms with Crippen molar-refractivity contribution in [2.45, 2.75) is 13.0 Å². The monoisotopic (exact) mass is 207 g/mol. The average molecular weight is 207 g/mol. The Labute approximate surface area is 90.7 Å². The number of methoxy groups -OCH3 is 1. The molecular weight excluding hydrogens is 190 g/mol. The molecule has 0 saturated heterocycles. The van der Waals surface area contributed by atoms with Gasteiger partial charge in [0.2, 0.25) is 0 Å².